The van der Waals surface area contributed by atoms with E-state index in [1.54, 1.807) is 0 Å². The molecular weight excluding hydrogens is 196 g/mol. The molecule has 2 aliphatic carbocycles. The maximum Gasteiger partial charge on any atom is 0.163 e. The second-order valence-electron chi connectivity index (χ2n) is 6.15. The lowest BCUT2D eigenvalue weighted by Crippen LogP contribution is -2.21. The van der Waals surface area contributed by atoms with Gasteiger partial charge in [0.2, 0.25) is 0 Å². The number of carbonyl (C=O) groups is 1. The van der Waals surface area contributed by atoms with Gasteiger partial charge in [-0.1, -0.05) is 38.1 Å². The van der Waals surface area contributed by atoms with Crippen LogP contribution >= 0.6 is 0 Å². The molecule has 1 fully saturated rings. The zero-order chi connectivity index (χ0) is 11.3. The first kappa shape index (κ1) is 10.1. The first-order chi connectivity index (χ1) is 7.57. The van der Waals surface area contributed by atoms with Crippen LogP contribution in [0.2, 0.25) is 0 Å². The maximum absolute atomic E-state index is 12.0. The molecule has 2 atom stereocenters. The van der Waals surface area contributed by atoms with Crippen LogP contribution in [-0.4, -0.2) is 5.78 Å². The molecule has 0 spiro atoms. The number of hydrogen-bond donors (Lipinski definition) is 0. The Kier molecular flexibility index (Phi) is 2.01. The summed E-state index contributed by atoms with van der Waals surface area (Å²) in [4.78, 5) is 12.0. The van der Waals surface area contributed by atoms with Crippen LogP contribution in [0.1, 0.15) is 54.9 Å². The van der Waals surface area contributed by atoms with Crippen LogP contribution < -0.4 is 0 Å². The summed E-state index contributed by atoms with van der Waals surface area (Å²) < 4.78 is 0. The van der Waals surface area contributed by atoms with Gasteiger partial charge in [0.25, 0.3) is 0 Å². The fourth-order valence-electron chi connectivity index (χ4n) is 3.70. The lowest BCUT2D eigenvalue weighted by atomic mass is 9.76. The highest BCUT2D eigenvalue weighted by molar-refractivity contribution is 5.99. The molecule has 1 nitrogen and oxygen atoms in total. The Labute approximate surface area is 96.9 Å². The van der Waals surface area contributed by atoms with Crippen molar-refractivity contribution in [2.75, 3.05) is 0 Å². The number of Topliss-reactive ketones (excluding diaryl/α,β-unsaturated/α-hetero) is 1. The van der Waals surface area contributed by atoms with Gasteiger partial charge in [0.1, 0.15) is 0 Å². The van der Waals surface area contributed by atoms with E-state index in [9.17, 15) is 4.79 Å². The maximum atomic E-state index is 12.0. The van der Waals surface area contributed by atoms with E-state index < -0.39 is 0 Å². The summed E-state index contributed by atoms with van der Waals surface area (Å²) in [5.74, 6) is 1.58. The quantitative estimate of drug-likeness (QED) is 0.642. The van der Waals surface area contributed by atoms with Crippen molar-refractivity contribution in [3.05, 3.63) is 35.4 Å². The predicted molar refractivity (Wildman–Crippen MR) is 64.6 cm³/mol. The number of ketones is 1. The van der Waals surface area contributed by atoms with Crippen LogP contribution in [-0.2, 0) is 0 Å². The topological polar surface area (TPSA) is 17.1 Å². The van der Waals surface area contributed by atoms with Crippen LogP contribution in [0.15, 0.2) is 24.3 Å². The monoisotopic (exact) mass is 214 g/mol. The number of carbonyl (C=O) groups excluding carboxylic acids is 1. The van der Waals surface area contributed by atoms with Gasteiger partial charge in [0, 0.05) is 12.0 Å². The average Bonchev–Trinajstić information content (AvgIpc) is 2.53. The van der Waals surface area contributed by atoms with Crippen molar-refractivity contribution < 1.29 is 4.79 Å². The first-order valence-corrected chi connectivity index (χ1v) is 6.19. The molecule has 1 aromatic rings. The van der Waals surface area contributed by atoms with Crippen molar-refractivity contribution in [2.24, 2.45) is 11.3 Å². The van der Waals surface area contributed by atoms with E-state index in [4.69, 9.17) is 0 Å². The first-order valence-electron chi connectivity index (χ1n) is 6.19. The van der Waals surface area contributed by atoms with E-state index in [0.717, 1.165) is 12.0 Å². The second kappa shape index (κ2) is 3.19. The zero-order valence-electron chi connectivity index (χ0n) is 9.99. The van der Waals surface area contributed by atoms with Gasteiger partial charge in [-0.05, 0) is 35.7 Å². The number of rotatable bonds is 0. The summed E-state index contributed by atoms with van der Waals surface area (Å²) in [6.45, 7) is 4.66. The molecule has 0 heterocycles. The van der Waals surface area contributed by atoms with Gasteiger partial charge in [0.15, 0.2) is 5.78 Å². The van der Waals surface area contributed by atoms with Crippen molar-refractivity contribution in [3.8, 4) is 0 Å². The van der Waals surface area contributed by atoms with E-state index in [1.807, 2.05) is 12.1 Å². The average molecular weight is 214 g/mol. The molecular formula is C15H18O. The van der Waals surface area contributed by atoms with Crippen LogP contribution in [0.25, 0.3) is 0 Å². The molecule has 1 saturated carbocycles. The standard InChI is InChI=1S/C15H18O/c1-15(2)8-10-7-14(16)12-6-4-3-5-11(12)13(10)9-15/h3-6,10,13H,7-9H2,1-2H3/t10-,13+/m0/s1. The fourth-order valence-corrected chi connectivity index (χ4v) is 3.70. The highest BCUT2D eigenvalue weighted by Crippen LogP contribution is 2.54. The van der Waals surface area contributed by atoms with E-state index in [-0.39, 0.29) is 0 Å². The van der Waals surface area contributed by atoms with Gasteiger partial charge < -0.3 is 0 Å². The summed E-state index contributed by atoms with van der Waals surface area (Å²) in [5.41, 5.74) is 2.71. The smallest absolute Gasteiger partial charge is 0.163 e. The van der Waals surface area contributed by atoms with E-state index in [2.05, 4.69) is 26.0 Å². The third kappa shape index (κ3) is 1.41. The molecule has 0 saturated heterocycles. The summed E-state index contributed by atoms with van der Waals surface area (Å²) in [7, 11) is 0. The van der Waals surface area contributed by atoms with Crippen LogP contribution in [0.5, 0.6) is 0 Å². The third-order valence-electron chi connectivity index (χ3n) is 4.26. The Morgan fingerprint density at radius 2 is 1.94 bits per heavy atom. The van der Waals surface area contributed by atoms with Crippen LogP contribution in [0.4, 0.5) is 0 Å². The minimum absolute atomic E-state index is 0.356. The molecule has 1 heteroatoms. The Morgan fingerprint density at radius 1 is 1.19 bits per heavy atom. The van der Waals surface area contributed by atoms with Gasteiger partial charge in [-0.2, -0.15) is 0 Å². The number of benzene rings is 1. The number of fused-ring (bicyclic) bond motifs is 3. The van der Waals surface area contributed by atoms with Gasteiger partial charge in [-0.3, -0.25) is 4.79 Å². The van der Waals surface area contributed by atoms with Gasteiger partial charge >= 0.3 is 0 Å². The Balaban J connectivity index is 2.08. The van der Waals surface area contributed by atoms with Gasteiger partial charge in [-0.25, -0.2) is 0 Å². The molecule has 0 amide bonds. The molecule has 3 rings (SSSR count). The summed E-state index contributed by atoms with van der Waals surface area (Å²) >= 11 is 0. The molecule has 0 bridgehead atoms. The molecule has 1 aromatic carbocycles. The lowest BCUT2D eigenvalue weighted by Gasteiger charge is -2.26. The van der Waals surface area contributed by atoms with Crippen molar-refractivity contribution in [2.45, 2.75) is 39.0 Å². The molecule has 84 valence electrons. The van der Waals surface area contributed by atoms with Crippen molar-refractivity contribution >= 4 is 5.78 Å². The van der Waals surface area contributed by atoms with Gasteiger partial charge in [0.05, 0.1) is 0 Å². The SMILES string of the molecule is CC1(C)C[C@@H]2CC(=O)c3ccccc3[C@@H]2C1. The van der Waals surface area contributed by atoms with Crippen LogP contribution in [0, 0.1) is 11.3 Å². The normalized spacial score (nSPS) is 31.0. The molecule has 0 N–H and O–H groups in total. The molecule has 0 aliphatic heterocycles. The minimum Gasteiger partial charge on any atom is -0.294 e. The highest BCUT2D eigenvalue weighted by Gasteiger charge is 2.44. The largest absolute Gasteiger partial charge is 0.294 e. The second-order valence-corrected chi connectivity index (χ2v) is 6.15. The molecule has 16 heavy (non-hydrogen) atoms. The lowest BCUT2D eigenvalue weighted by molar-refractivity contribution is 0.0942. The molecule has 0 aromatic heterocycles. The van der Waals surface area contributed by atoms with Crippen molar-refractivity contribution in [3.63, 3.8) is 0 Å². The molecule has 0 unspecified atom stereocenters. The van der Waals surface area contributed by atoms with E-state index >= 15 is 0 Å². The predicted octanol–water partition coefficient (Wildman–Crippen LogP) is 3.79. The van der Waals surface area contributed by atoms with E-state index in [0.29, 0.717) is 23.0 Å². The zero-order valence-corrected chi connectivity index (χ0v) is 9.99. The summed E-state index contributed by atoms with van der Waals surface area (Å²) in [6.07, 6.45) is 3.21. The van der Waals surface area contributed by atoms with Crippen molar-refractivity contribution in [1.29, 1.82) is 0 Å². The summed E-state index contributed by atoms with van der Waals surface area (Å²) in [5, 5.41) is 0. The highest BCUT2D eigenvalue weighted by atomic mass is 16.1. The third-order valence-corrected chi connectivity index (χ3v) is 4.26. The Morgan fingerprint density at radius 3 is 2.75 bits per heavy atom. The van der Waals surface area contributed by atoms with E-state index in [1.165, 1.54) is 18.4 Å². The fraction of sp³-hybridized carbons (Fsp3) is 0.533. The minimum atomic E-state index is 0.356. The Bertz CT molecular complexity index is 445. The molecule has 0 radical (unpaired) electrons. The summed E-state index contributed by atoms with van der Waals surface area (Å²) in [6, 6.07) is 8.21. The molecule has 2 aliphatic rings. The van der Waals surface area contributed by atoms with Crippen LogP contribution in [0.3, 0.4) is 0 Å². The Hall–Kier alpha value is -1.11. The van der Waals surface area contributed by atoms with Crippen molar-refractivity contribution in [1.82, 2.24) is 0 Å². The van der Waals surface area contributed by atoms with Gasteiger partial charge in [-0.15, -0.1) is 0 Å². The number of hydrogen-bond acceptors (Lipinski definition) is 1.